The summed E-state index contributed by atoms with van der Waals surface area (Å²) in [6, 6.07) is 0. The van der Waals surface area contributed by atoms with E-state index in [2.05, 4.69) is 15.3 Å². The Morgan fingerprint density at radius 2 is 2.37 bits per heavy atom. The summed E-state index contributed by atoms with van der Waals surface area (Å²) >= 11 is 0. The SMILES string of the molecule is Nc1ncnc(C[C@H]2C[C@H](O)[C@@H](CO)O2)c1NC=O. The first-order valence-electron chi connectivity index (χ1n) is 5.89. The standard InChI is InChI=1S/C11H16N4O4/c12-11-10(15-5-17)7(13-4-14-11)1-6-2-8(18)9(3-16)19-6/h4-6,8-9,16,18H,1-3H2,(H,15,17)(H2,12,13,14)/t6-,8-,9+/m0/s1. The molecule has 0 saturated carbocycles. The van der Waals surface area contributed by atoms with Gasteiger partial charge in [0, 0.05) is 12.8 Å². The van der Waals surface area contributed by atoms with Crippen LogP contribution < -0.4 is 11.1 Å². The number of nitrogens with two attached hydrogens (primary N) is 1. The van der Waals surface area contributed by atoms with E-state index in [0.29, 0.717) is 30.6 Å². The second kappa shape index (κ2) is 5.91. The highest BCUT2D eigenvalue weighted by Crippen LogP contribution is 2.26. The van der Waals surface area contributed by atoms with E-state index in [1.54, 1.807) is 0 Å². The van der Waals surface area contributed by atoms with Crippen molar-refractivity contribution in [2.75, 3.05) is 17.7 Å². The summed E-state index contributed by atoms with van der Waals surface area (Å²) in [5, 5.41) is 21.1. The zero-order chi connectivity index (χ0) is 13.8. The molecule has 0 unspecified atom stereocenters. The summed E-state index contributed by atoms with van der Waals surface area (Å²) in [7, 11) is 0. The number of ether oxygens (including phenoxy) is 1. The van der Waals surface area contributed by atoms with Gasteiger partial charge in [0.2, 0.25) is 6.41 Å². The number of amides is 1. The summed E-state index contributed by atoms with van der Waals surface area (Å²) in [5.41, 5.74) is 6.55. The van der Waals surface area contributed by atoms with Crippen LogP contribution in [0.2, 0.25) is 0 Å². The van der Waals surface area contributed by atoms with Gasteiger partial charge in [-0.25, -0.2) is 9.97 Å². The molecule has 1 aliphatic rings. The Labute approximate surface area is 109 Å². The summed E-state index contributed by atoms with van der Waals surface area (Å²) in [4.78, 5) is 18.4. The molecule has 5 N–H and O–H groups in total. The largest absolute Gasteiger partial charge is 0.394 e. The number of hydrogen-bond donors (Lipinski definition) is 4. The molecule has 1 aromatic rings. The van der Waals surface area contributed by atoms with Crippen molar-refractivity contribution in [3.63, 3.8) is 0 Å². The van der Waals surface area contributed by atoms with Gasteiger partial charge in [0.05, 0.1) is 24.5 Å². The lowest BCUT2D eigenvalue weighted by atomic mass is 10.1. The number of aliphatic hydroxyl groups excluding tert-OH is 2. The van der Waals surface area contributed by atoms with E-state index >= 15 is 0 Å². The van der Waals surface area contributed by atoms with Crippen molar-refractivity contribution < 1.29 is 19.7 Å². The normalized spacial score (nSPS) is 26.3. The molecular weight excluding hydrogens is 252 g/mol. The molecule has 0 bridgehead atoms. The fourth-order valence-corrected chi connectivity index (χ4v) is 2.14. The van der Waals surface area contributed by atoms with E-state index in [9.17, 15) is 9.90 Å². The highest BCUT2D eigenvalue weighted by atomic mass is 16.5. The van der Waals surface area contributed by atoms with Crippen LogP contribution in [0.3, 0.4) is 0 Å². The number of nitrogen functional groups attached to an aromatic ring is 1. The van der Waals surface area contributed by atoms with Crippen molar-refractivity contribution in [2.24, 2.45) is 0 Å². The van der Waals surface area contributed by atoms with Crippen molar-refractivity contribution in [3.05, 3.63) is 12.0 Å². The molecule has 1 fully saturated rings. The molecule has 2 heterocycles. The second-order valence-electron chi connectivity index (χ2n) is 4.33. The molecule has 0 spiro atoms. The van der Waals surface area contributed by atoms with Gasteiger partial charge in [-0.3, -0.25) is 4.79 Å². The van der Waals surface area contributed by atoms with Gasteiger partial charge < -0.3 is 26.0 Å². The molecule has 19 heavy (non-hydrogen) atoms. The second-order valence-corrected chi connectivity index (χ2v) is 4.33. The quantitative estimate of drug-likeness (QED) is 0.487. The molecule has 3 atom stereocenters. The smallest absolute Gasteiger partial charge is 0.211 e. The van der Waals surface area contributed by atoms with Crippen molar-refractivity contribution >= 4 is 17.9 Å². The Kier molecular flexibility index (Phi) is 4.25. The number of aromatic nitrogens is 2. The minimum Gasteiger partial charge on any atom is -0.394 e. The van der Waals surface area contributed by atoms with Gasteiger partial charge in [-0.1, -0.05) is 0 Å². The Hall–Kier alpha value is -1.77. The fraction of sp³-hybridized carbons (Fsp3) is 0.545. The number of nitrogens with zero attached hydrogens (tertiary/aromatic N) is 2. The third-order valence-corrected chi connectivity index (χ3v) is 3.06. The number of anilines is 2. The summed E-state index contributed by atoms with van der Waals surface area (Å²) in [6.45, 7) is -0.233. The van der Waals surface area contributed by atoms with Crippen LogP contribution in [-0.2, 0) is 16.0 Å². The van der Waals surface area contributed by atoms with Crippen LogP contribution in [0.5, 0.6) is 0 Å². The van der Waals surface area contributed by atoms with E-state index in [-0.39, 0.29) is 18.5 Å². The number of nitrogens with one attached hydrogen (secondary N) is 1. The predicted octanol–water partition coefficient (Wildman–Crippen LogP) is -1.32. The highest BCUT2D eigenvalue weighted by molar-refractivity contribution is 5.79. The average Bonchev–Trinajstić information content (AvgIpc) is 2.74. The zero-order valence-corrected chi connectivity index (χ0v) is 10.2. The van der Waals surface area contributed by atoms with Crippen LogP contribution in [0, 0.1) is 0 Å². The Morgan fingerprint density at radius 3 is 3.00 bits per heavy atom. The molecule has 1 saturated heterocycles. The molecule has 2 rings (SSSR count). The number of carbonyl (C=O) groups excluding carboxylic acids is 1. The predicted molar refractivity (Wildman–Crippen MR) is 66.2 cm³/mol. The van der Waals surface area contributed by atoms with E-state index < -0.39 is 12.2 Å². The van der Waals surface area contributed by atoms with Gasteiger partial charge in [-0.05, 0) is 0 Å². The zero-order valence-electron chi connectivity index (χ0n) is 10.2. The average molecular weight is 268 g/mol. The lowest BCUT2D eigenvalue weighted by Crippen LogP contribution is -2.24. The first-order chi connectivity index (χ1) is 9.15. The van der Waals surface area contributed by atoms with E-state index in [1.165, 1.54) is 6.33 Å². The van der Waals surface area contributed by atoms with Crippen molar-refractivity contribution in [2.45, 2.75) is 31.2 Å². The van der Waals surface area contributed by atoms with Crippen LogP contribution in [0.4, 0.5) is 11.5 Å². The molecule has 8 heteroatoms. The van der Waals surface area contributed by atoms with Crippen LogP contribution in [0.15, 0.2) is 6.33 Å². The van der Waals surface area contributed by atoms with E-state index in [0.717, 1.165) is 0 Å². The van der Waals surface area contributed by atoms with Crippen molar-refractivity contribution in [1.29, 1.82) is 0 Å². The highest BCUT2D eigenvalue weighted by Gasteiger charge is 2.34. The number of aliphatic hydroxyl groups is 2. The molecule has 1 aliphatic heterocycles. The third kappa shape index (κ3) is 2.98. The molecule has 1 amide bonds. The van der Waals surface area contributed by atoms with Crippen molar-refractivity contribution in [1.82, 2.24) is 9.97 Å². The number of hydrogen-bond acceptors (Lipinski definition) is 7. The summed E-state index contributed by atoms with van der Waals surface area (Å²) in [6.07, 6.45) is 1.01. The summed E-state index contributed by atoms with van der Waals surface area (Å²) in [5.74, 6) is 0.175. The van der Waals surface area contributed by atoms with Gasteiger partial charge in [-0.2, -0.15) is 0 Å². The molecule has 0 radical (unpaired) electrons. The Bertz CT molecular complexity index is 456. The van der Waals surface area contributed by atoms with Crippen LogP contribution in [0.25, 0.3) is 0 Å². The first kappa shape index (κ1) is 13.7. The molecule has 1 aromatic heterocycles. The molecule has 0 aliphatic carbocycles. The van der Waals surface area contributed by atoms with E-state index in [4.69, 9.17) is 15.6 Å². The molecule has 104 valence electrons. The lowest BCUT2D eigenvalue weighted by Gasteiger charge is -2.14. The van der Waals surface area contributed by atoms with Gasteiger partial charge >= 0.3 is 0 Å². The third-order valence-electron chi connectivity index (χ3n) is 3.06. The minimum atomic E-state index is -0.698. The van der Waals surface area contributed by atoms with Gasteiger partial charge in [0.1, 0.15) is 18.1 Å². The number of rotatable bonds is 5. The maximum absolute atomic E-state index is 10.5. The first-order valence-corrected chi connectivity index (χ1v) is 5.89. The maximum atomic E-state index is 10.5. The Morgan fingerprint density at radius 1 is 1.58 bits per heavy atom. The number of carbonyl (C=O) groups is 1. The maximum Gasteiger partial charge on any atom is 0.211 e. The molecular formula is C11H16N4O4. The Balaban J connectivity index is 2.11. The van der Waals surface area contributed by atoms with E-state index in [1.807, 2.05) is 0 Å². The minimum absolute atomic E-state index is 0.175. The van der Waals surface area contributed by atoms with Crippen LogP contribution >= 0.6 is 0 Å². The summed E-state index contributed by atoms with van der Waals surface area (Å²) < 4.78 is 5.48. The van der Waals surface area contributed by atoms with Gasteiger partial charge in [0.15, 0.2) is 5.82 Å². The molecule has 0 aromatic carbocycles. The van der Waals surface area contributed by atoms with Gasteiger partial charge in [-0.15, -0.1) is 0 Å². The topological polar surface area (TPSA) is 131 Å². The van der Waals surface area contributed by atoms with Crippen LogP contribution in [-0.4, -0.2) is 51.5 Å². The van der Waals surface area contributed by atoms with Gasteiger partial charge in [0.25, 0.3) is 0 Å². The monoisotopic (exact) mass is 268 g/mol. The van der Waals surface area contributed by atoms with Crippen LogP contribution in [0.1, 0.15) is 12.1 Å². The fourth-order valence-electron chi connectivity index (χ4n) is 2.14. The lowest BCUT2D eigenvalue weighted by molar-refractivity contribution is -0.105. The van der Waals surface area contributed by atoms with Crippen molar-refractivity contribution in [3.8, 4) is 0 Å². The molecule has 8 nitrogen and oxygen atoms in total.